The van der Waals surface area contributed by atoms with Crippen molar-refractivity contribution in [3.63, 3.8) is 0 Å². The Morgan fingerprint density at radius 3 is 1.48 bits per heavy atom. The fraction of sp³-hybridized carbons (Fsp3) is 0.184. The van der Waals surface area contributed by atoms with Gasteiger partial charge in [0.05, 0.1) is 11.4 Å². The van der Waals surface area contributed by atoms with Gasteiger partial charge in [-0.15, -0.1) is 0 Å². The summed E-state index contributed by atoms with van der Waals surface area (Å²) in [5, 5.41) is 0. The molecule has 4 aromatic heterocycles. The third-order valence-corrected chi connectivity index (χ3v) is 8.68. The van der Waals surface area contributed by atoms with Gasteiger partial charge in [0.2, 0.25) is 0 Å². The Kier molecular flexibility index (Phi) is 14.2. The molecule has 6 rings (SSSR count). The second-order valence-corrected chi connectivity index (χ2v) is 12.8. The molecule has 6 aromatic rings. The molecule has 0 bridgehead atoms. The number of hydrogen-bond acceptors (Lipinski definition) is 3. The molecule has 2 aromatic carbocycles. The maximum absolute atomic E-state index is 4.96. The molecule has 0 atom stereocenters. The third-order valence-electron chi connectivity index (χ3n) is 6.23. The SMILES string of the molecule is CC(C)(C)c1ccccc1[N]=[Mo+2]=[CH]C(C)(C)c1ccccc1.c1cc[n-]c1.c1cc[n-]c1.c1ccc(-c2ccccn2)nc1. The topological polar surface area (TPSA) is 66.3 Å². The predicted octanol–water partition coefficient (Wildman–Crippen LogP) is 9.09. The van der Waals surface area contributed by atoms with Crippen LogP contribution in [0.2, 0.25) is 0 Å². The van der Waals surface area contributed by atoms with Crippen LogP contribution >= 0.6 is 0 Å². The number of benzene rings is 2. The van der Waals surface area contributed by atoms with Crippen molar-refractivity contribution in [2.75, 3.05) is 0 Å². The number of pyridine rings is 2. The van der Waals surface area contributed by atoms with Gasteiger partial charge < -0.3 is 9.97 Å². The van der Waals surface area contributed by atoms with E-state index >= 15 is 0 Å². The molecule has 0 fully saturated rings. The minimum atomic E-state index is -0.528. The maximum atomic E-state index is 4.96. The molecule has 0 amide bonds. The first-order chi connectivity index (χ1) is 21.3. The van der Waals surface area contributed by atoms with Crippen molar-refractivity contribution in [3.05, 3.63) is 164 Å². The van der Waals surface area contributed by atoms with Crippen LogP contribution in [0.1, 0.15) is 45.7 Å². The van der Waals surface area contributed by atoms with Crippen LogP contribution in [0.15, 0.2) is 156 Å². The second-order valence-electron chi connectivity index (χ2n) is 11.3. The Labute approximate surface area is 270 Å². The fourth-order valence-corrected chi connectivity index (χ4v) is 5.65. The molecule has 0 unspecified atom stereocenters. The van der Waals surface area contributed by atoms with Crippen molar-refractivity contribution in [3.8, 4) is 11.4 Å². The van der Waals surface area contributed by atoms with Gasteiger partial charge in [-0.05, 0) is 24.3 Å². The van der Waals surface area contributed by atoms with Crippen LogP contribution in [-0.4, -0.2) is 14.4 Å². The third kappa shape index (κ3) is 12.5. The van der Waals surface area contributed by atoms with Crippen molar-refractivity contribution in [2.45, 2.75) is 45.4 Å². The van der Waals surface area contributed by atoms with Crippen LogP contribution in [0.3, 0.4) is 0 Å². The van der Waals surface area contributed by atoms with Crippen molar-refractivity contribution < 1.29 is 17.9 Å². The van der Waals surface area contributed by atoms with E-state index in [1.807, 2.05) is 60.7 Å². The van der Waals surface area contributed by atoms with Gasteiger partial charge in [0.1, 0.15) is 0 Å². The summed E-state index contributed by atoms with van der Waals surface area (Å²) in [5.41, 5.74) is 5.92. The van der Waals surface area contributed by atoms with Crippen molar-refractivity contribution in [1.29, 1.82) is 0 Å². The van der Waals surface area contributed by atoms with E-state index in [0.29, 0.717) is 0 Å². The molecule has 5 nitrogen and oxygen atoms in total. The monoisotopic (exact) mass is 665 g/mol. The molecular formula is C38H41MoN5. The number of hydrogen-bond donors (Lipinski definition) is 0. The Bertz CT molecular complexity index is 1520. The van der Waals surface area contributed by atoms with Crippen LogP contribution in [-0.2, 0) is 28.7 Å². The molecule has 0 aliphatic heterocycles. The average Bonchev–Trinajstić information content (AvgIpc) is 3.83. The Balaban J connectivity index is 0.000000196. The Hall–Kier alpha value is -4.34. The molecule has 0 saturated heterocycles. The van der Waals surface area contributed by atoms with Crippen LogP contribution in [0.5, 0.6) is 0 Å². The molecule has 0 saturated carbocycles. The molecule has 0 spiro atoms. The smallest absolute Gasteiger partial charge is 0.0886 e. The van der Waals surface area contributed by atoms with Gasteiger partial charge in [0, 0.05) is 12.4 Å². The molecule has 0 N–H and O–H groups in total. The van der Waals surface area contributed by atoms with E-state index in [1.54, 1.807) is 37.2 Å². The van der Waals surface area contributed by atoms with E-state index in [-0.39, 0.29) is 10.8 Å². The minimum absolute atomic E-state index is 0.0870. The van der Waals surface area contributed by atoms with E-state index in [0.717, 1.165) is 17.1 Å². The first-order valence-corrected chi connectivity index (χ1v) is 16.5. The number of nitrogens with zero attached hydrogens (tertiary/aromatic N) is 5. The first kappa shape index (κ1) is 34.2. The largest absolute Gasteiger partial charge is 0.670 e. The van der Waals surface area contributed by atoms with Crippen LogP contribution < -0.4 is 9.97 Å². The molecule has 0 aliphatic rings. The molecule has 0 radical (unpaired) electrons. The van der Waals surface area contributed by atoms with E-state index in [9.17, 15) is 0 Å². The van der Waals surface area contributed by atoms with Crippen LogP contribution in [0.25, 0.3) is 11.4 Å². The first-order valence-electron chi connectivity index (χ1n) is 14.5. The molecule has 0 aliphatic carbocycles. The number of aromatic nitrogens is 4. The predicted molar refractivity (Wildman–Crippen MR) is 180 cm³/mol. The summed E-state index contributed by atoms with van der Waals surface area (Å²) >= 11 is -0.528. The summed E-state index contributed by atoms with van der Waals surface area (Å²) < 4.78 is 7.38. The summed E-state index contributed by atoms with van der Waals surface area (Å²) in [5.74, 6) is 0. The van der Waals surface area contributed by atoms with Gasteiger partial charge in [-0.1, -0.05) is 36.4 Å². The zero-order chi connectivity index (χ0) is 31.5. The normalized spacial score (nSPS) is 10.3. The maximum Gasteiger partial charge on any atom is 0.0886 e. The van der Waals surface area contributed by atoms with Gasteiger partial charge in [-0.25, -0.2) is 0 Å². The Morgan fingerprint density at radius 2 is 1.05 bits per heavy atom. The molecule has 4 heterocycles. The quantitative estimate of drug-likeness (QED) is 0.177. The zero-order valence-corrected chi connectivity index (χ0v) is 28.2. The standard InChI is InChI=1S/C10H8N2.C10H13N.C10H12.2C4H4N.Mo/c1-3-7-11-9(5-1)10-6-2-4-8-12-10;1-10(2,3)8-6-4-5-7-9(8)11;1-10(2,3)9-7-5-4-6-8-9;2*1-2-4-5-3-1;/h1-8H;4-7H,1-3H3;1,4-8H,2-3H3;2*1-4H;/q;;;2*-1;+2. The van der Waals surface area contributed by atoms with E-state index in [4.69, 9.17) is 3.50 Å². The van der Waals surface area contributed by atoms with Gasteiger partial charge in [-0.2, -0.15) is 24.8 Å². The van der Waals surface area contributed by atoms with Gasteiger partial charge >= 0.3 is 143 Å². The summed E-state index contributed by atoms with van der Waals surface area (Å²) in [7, 11) is 0. The summed E-state index contributed by atoms with van der Waals surface area (Å²) in [6.45, 7) is 11.3. The molecule has 44 heavy (non-hydrogen) atoms. The molecular weight excluding hydrogens is 622 g/mol. The van der Waals surface area contributed by atoms with Crippen molar-refractivity contribution in [2.24, 2.45) is 3.50 Å². The van der Waals surface area contributed by atoms with E-state index in [1.165, 1.54) is 11.1 Å². The van der Waals surface area contributed by atoms with Crippen LogP contribution in [0.4, 0.5) is 5.69 Å². The van der Waals surface area contributed by atoms with Gasteiger partial charge in [-0.3, -0.25) is 9.97 Å². The summed E-state index contributed by atoms with van der Waals surface area (Å²) in [4.78, 5) is 15.8. The van der Waals surface area contributed by atoms with E-state index < -0.39 is 17.9 Å². The molecule has 6 heteroatoms. The van der Waals surface area contributed by atoms with Crippen molar-refractivity contribution >= 4 is 10.1 Å². The minimum Gasteiger partial charge on any atom is -0.670 e. The molecule has 224 valence electrons. The van der Waals surface area contributed by atoms with Crippen molar-refractivity contribution in [1.82, 2.24) is 19.9 Å². The van der Waals surface area contributed by atoms with E-state index in [2.05, 4.69) is 114 Å². The van der Waals surface area contributed by atoms with Gasteiger partial charge in [0.25, 0.3) is 0 Å². The average molecular weight is 664 g/mol. The number of rotatable bonds is 4. The van der Waals surface area contributed by atoms with Gasteiger partial charge in [0.15, 0.2) is 0 Å². The zero-order valence-electron chi connectivity index (χ0n) is 26.2. The second kappa shape index (κ2) is 18.4. The fourth-order valence-electron chi connectivity index (χ4n) is 3.86. The summed E-state index contributed by atoms with van der Waals surface area (Å²) in [6.07, 6.45) is 10.5. The summed E-state index contributed by atoms with van der Waals surface area (Å²) in [6, 6.07) is 38.4. The van der Waals surface area contributed by atoms with Crippen LogP contribution in [0, 0.1) is 0 Å². The Morgan fingerprint density at radius 1 is 0.568 bits per heavy atom.